The second-order valence-corrected chi connectivity index (χ2v) is 7.98. The molecule has 1 heterocycles. The van der Waals surface area contributed by atoms with Gasteiger partial charge < -0.3 is 24.8 Å². The van der Waals surface area contributed by atoms with Gasteiger partial charge in [-0.3, -0.25) is 0 Å². The molecule has 2 fully saturated rings. The van der Waals surface area contributed by atoms with Crippen molar-refractivity contribution in [3.63, 3.8) is 0 Å². The van der Waals surface area contributed by atoms with Crippen molar-refractivity contribution >= 4 is 12.2 Å². The topological polar surface area (TPSA) is 88.1 Å². The molecule has 24 heavy (non-hydrogen) atoms. The molecule has 0 radical (unpaired) electrons. The van der Waals surface area contributed by atoms with Crippen LogP contribution in [0.25, 0.3) is 0 Å². The SMILES string of the molecule is CC(NC(=O)OCC1CC1)C1(O)CCN(C(=O)OC(C)(C)C)CC1. The molecule has 7 heteroatoms. The lowest BCUT2D eigenvalue weighted by Crippen LogP contribution is -2.57. The monoisotopic (exact) mass is 342 g/mol. The Morgan fingerprint density at radius 3 is 2.38 bits per heavy atom. The third-order valence-corrected chi connectivity index (χ3v) is 4.57. The highest BCUT2D eigenvalue weighted by molar-refractivity contribution is 5.68. The molecule has 2 rings (SSSR count). The molecule has 1 unspecified atom stereocenters. The Morgan fingerprint density at radius 1 is 1.29 bits per heavy atom. The molecule has 0 spiro atoms. The normalized spacial score (nSPS) is 21.8. The van der Waals surface area contributed by atoms with E-state index in [1.165, 1.54) is 0 Å². The summed E-state index contributed by atoms with van der Waals surface area (Å²) < 4.78 is 10.5. The van der Waals surface area contributed by atoms with Gasteiger partial charge in [-0.2, -0.15) is 0 Å². The lowest BCUT2D eigenvalue weighted by atomic mass is 9.85. The van der Waals surface area contributed by atoms with Gasteiger partial charge in [-0.1, -0.05) is 0 Å². The number of likely N-dealkylation sites (tertiary alicyclic amines) is 1. The van der Waals surface area contributed by atoms with Crippen LogP contribution in [-0.2, 0) is 9.47 Å². The zero-order valence-electron chi connectivity index (χ0n) is 15.1. The highest BCUT2D eigenvalue weighted by atomic mass is 16.6. The fourth-order valence-corrected chi connectivity index (χ4v) is 2.67. The third kappa shape index (κ3) is 5.54. The zero-order valence-corrected chi connectivity index (χ0v) is 15.1. The summed E-state index contributed by atoms with van der Waals surface area (Å²) in [4.78, 5) is 25.4. The average Bonchev–Trinajstić information content (AvgIpc) is 3.28. The Morgan fingerprint density at radius 2 is 1.88 bits per heavy atom. The van der Waals surface area contributed by atoms with Gasteiger partial charge >= 0.3 is 12.2 Å². The predicted molar refractivity (Wildman–Crippen MR) is 88.7 cm³/mol. The van der Waals surface area contributed by atoms with E-state index in [1.807, 2.05) is 20.8 Å². The minimum Gasteiger partial charge on any atom is -0.449 e. The van der Waals surface area contributed by atoms with Crippen LogP contribution in [0.3, 0.4) is 0 Å². The summed E-state index contributed by atoms with van der Waals surface area (Å²) in [7, 11) is 0. The van der Waals surface area contributed by atoms with Crippen LogP contribution in [0.4, 0.5) is 9.59 Å². The van der Waals surface area contributed by atoms with Crippen molar-refractivity contribution in [3.8, 4) is 0 Å². The van der Waals surface area contributed by atoms with Gasteiger partial charge in [0.25, 0.3) is 0 Å². The van der Waals surface area contributed by atoms with E-state index in [4.69, 9.17) is 9.47 Å². The minimum absolute atomic E-state index is 0.367. The molecular formula is C17H30N2O5. The smallest absolute Gasteiger partial charge is 0.410 e. The molecule has 138 valence electrons. The summed E-state index contributed by atoms with van der Waals surface area (Å²) in [5, 5.41) is 13.5. The van der Waals surface area contributed by atoms with Gasteiger partial charge in [-0.05, 0) is 59.3 Å². The van der Waals surface area contributed by atoms with E-state index in [1.54, 1.807) is 11.8 Å². The summed E-state index contributed by atoms with van der Waals surface area (Å²) in [5.74, 6) is 0.506. The standard InChI is InChI=1S/C17H30N2O5/c1-12(18-14(20)23-11-13-5-6-13)17(22)7-9-19(10-8-17)15(21)24-16(2,3)4/h12-13,22H,5-11H2,1-4H3,(H,18,20). The predicted octanol–water partition coefficient (Wildman–Crippen LogP) is 2.27. The second kappa shape index (κ2) is 7.17. The first-order valence-electron chi connectivity index (χ1n) is 8.73. The van der Waals surface area contributed by atoms with Crippen LogP contribution in [-0.4, -0.2) is 59.1 Å². The van der Waals surface area contributed by atoms with E-state index < -0.39 is 23.3 Å². The Balaban J connectivity index is 1.77. The maximum atomic E-state index is 12.1. The van der Waals surface area contributed by atoms with Gasteiger partial charge in [0.15, 0.2) is 0 Å². The van der Waals surface area contributed by atoms with Crippen molar-refractivity contribution in [2.45, 2.75) is 70.6 Å². The number of nitrogens with zero attached hydrogens (tertiary/aromatic N) is 1. The van der Waals surface area contributed by atoms with Gasteiger partial charge in [-0.25, -0.2) is 9.59 Å². The lowest BCUT2D eigenvalue weighted by Gasteiger charge is -2.41. The van der Waals surface area contributed by atoms with E-state index in [0.29, 0.717) is 38.5 Å². The molecule has 7 nitrogen and oxygen atoms in total. The number of carbonyl (C=O) groups is 2. The number of ether oxygens (including phenoxy) is 2. The van der Waals surface area contributed by atoms with Gasteiger partial charge in [-0.15, -0.1) is 0 Å². The number of rotatable bonds is 4. The Bertz CT molecular complexity index is 462. The maximum Gasteiger partial charge on any atom is 0.410 e. The summed E-state index contributed by atoms with van der Waals surface area (Å²) >= 11 is 0. The zero-order chi connectivity index (χ0) is 18.0. The van der Waals surface area contributed by atoms with E-state index >= 15 is 0 Å². The molecule has 1 aliphatic carbocycles. The largest absolute Gasteiger partial charge is 0.449 e. The fraction of sp³-hybridized carbons (Fsp3) is 0.882. The number of nitrogens with one attached hydrogen (secondary N) is 1. The molecule has 1 saturated heterocycles. The van der Waals surface area contributed by atoms with Crippen LogP contribution in [0.2, 0.25) is 0 Å². The van der Waals surface area contributed by atoms with Crippen LogP contribution in [0.5, 0.6) is 0 Å². The van der Waals surface area contributed by atoms with Crippen molar-refractivity contribution < 1.29 is 24.2 Å². The first kappa shape index (κ1) is 18.8. The molecule has 1 aliphatic heterocycles. The minimum atomic E-state index is -1.04. The molecule has 1 atom stereocenters. The Kier molecular flexibility index (Phi) is 5.63. The van der Waals surface area contributed by atoms with E-state index in [-0.39, 0.29) is 6.09 Å². The number of hydrogen-bond acceptors (Lipinski definition) is 5. The van der Waals surface area contributed by atoms with Crippen LogP contribution in [0.1, 0.15) is 53.4 Å². The van der Waals surface area contributed by atoms with E-state index in [0.717, 1.165) is 12.8 Å². The van der Waals surface area contributed by atoms with Crippen molar-refractivity contribution in [3.05, 3.63) is 0 Å². The van der Waals surface area contributed by atoms with Crippen LogP contribution in [0, 0.1) is 5.92 Å². The maximum absolute atomic E-state index is 12.1. The lowest BCUT2D eigenvalue weighted by molar-refractivity contribution is -0.0503. The molecule has 0 aromatic carbocycles. The molecule has 0 aromatic heterocycles. The fourth-order valence-electron chi connectivity index (χ4n) is 2.67. The summed E-state index contributed by atoms with van der Waals surface area (Å²) in [6, 6.07) is -0.440. The molecule has 0 aromatic rings. The Hall–Kier alpha value is -1.50. The van der Waals surface area contributed by atoms with Gasteiger partial charge in [0.05, 0.1) is 18.2 Å². The van der Waals surface area contributed by atoms with E-state index in [9.17, 15) is 14.7 Å². The highest BCUT2D eigenvalue weighted by Gasteiger charge is 2.40. The number of hydrogen-bond donors (Lipinski definition) is 2. The molecule has 2 amide bonds. The van der Waals surface area contributed by atoms with Gasteiger partial charge in [0.1, 0.15) is 5.60 Å². The molecule has 0 bridgehead atoms. The molecular weight excluding hydrogens is 312 g/mol. The number of carbonyl (C=O) groups excluding carboxylic acids is 2. The number of amides is 2. The molecule has 2 N–H and O–H groups in total. The first-order valence-corrected chi connectivity index (χ1v) is 8.73. The quantitative estimate of drug-likeness (QED) is 0.818. The van der Waals surface area contributed by atoms with Crippen molar-refractivity contribution in [1.82, 2.24) is 10.2 Å². The summed E-state index contributed by atoms with van der Waals surface area (Å²) in [5.41, 5.74) is -1.58. The van der Waals surface area contributed by atoms with Crippen molar-refractivity contribution in [1.29, 1.82) is 0 Å². The second-order valence-electron chi connectivity index (χ2n) is 7.98. The summed E-state index contributed by atoms with van der Waals surface area (Å²) in [6.45, 7) is 8.48. The average molecular weight is 342 g/mol. The van der Waals surface area contributed by atoms with Gasteiger partial charge in [0.2, 0.25) is 0 Å². The van der Waals surface area contributed by atoms with Gasteiger partial charge in [0, 0.05) is 13.1 Å². The number of alkyl carbamates (subject to hydrolysis) is 1. The molecule has 2 aliphatic rings. The van der Waals surface area contributed by atoms with Crippen LogP contribution >= 0.6 is 0 Å². The van der Waals surface area contributed by atoms with Crippen LogP contribution < -0.4 is 5.32 Å². The molecule has 1 saturated carbocycles. The first-order chi connectivity index (χ1) is 11.1. The summed E-state index contributed by atoms with van der Waals surface area (Å²) in [6.07, 6.45) is 2.15. The number of piperidine rings is 1. The van der Waals surface area contributed by atoms with Crippen molar-refractivity contribution in [2.75, 3.05) is 19.7 Å². The third-order valence-electron chi connectivity index (χ3n) is 4.57. The van der Waals surface area contributed by atoms with E-state index in [2.05, 4.69) is 5.32 Å². The van der Waals surface area contributed by atoms with Crippen LogP contribution in [0.15, 0.2) is 0 Å². The highest BCUT2D eigenvalue weighted by Crippen LogP contribution is 2.29. The number of aliphatic hydroxyl groups is 1. The Labute approximate surface area is 143 Å². The van der Waals surface area contributed by atoms with Crippen molar-refractivity contribution in [2.24, 2.45) is 5.92 Å².